The molecule has 1 fully saturated rings. The van der Waals surface area contributed by atoms with Gasteiger partial charge in [-0.05, 0) is 38.1 Å². The van der Waals surface area contributed by atoms with Crippen molar-refractivity contribution in [2.45, 2.75) is 25.9 Å². The van der Waals surface area contributed by atoms with E-state index in [0.717, 1.165) is 9.80 Å². The molecule has 238 valence electrons. The lowest BCUT2D eigenvalue weighted by atomic mass is 10.1. The number of benzene rings is 2. The van der Waals surface area contributed by atoms with Crippen LogP contribution in [0.1, 0.15) is 55.3 Å². The lowest BCUT2D eigenvalue weighted by molar-refractivity contribution is -0.136. The van der Waals surface area contributed by atoms with Crippen molar-refractivity contribution in [3.8, 4) is 0 Å². The maximum Gasteiger partial charge on any atom is 0.262 e. The minimum absolute atomic E-state index is 0.118. The fraction of sp³-hybridized carbons (Fsp3) is 0.438. The summed E-state index contributed by atoms with van der Waals surface area (Å²) in [6, 6.07) is 10.8. The Morgan fingerprint density at radius 3 is 1.07 bits per heavy atom. The Hall–Kier alpha value is -4.46. The van der Waals surface area contributed by atoms with Crippen LogP contribution in [0, 0.1) is 0 Å². The van der Waals surface area contributed by atoms with Crippen LogP contribution in [0.25, 0.3) is 0 Å². The number of carbonyl (C=O) groups excluding carboxylic acids is 6. The maximum atomic E-state index is 13.5. The molecule has 3 aliphatic rings. The van der Waals surface area contributed by atoms with Crippen LogP contribution in [0.4, 0.5) is 0 Å². The van der Waals surface area contributed by atoms with Gasteiger partial charge in [-0.15, -0.1) is 0 Å². The van der Waals surface area contributed by atoms with Crippen molar-refractivity contribution in [3.05, 3.63) is 70.8 Å². The monoisotopic (exact) mass is 620 g/mol. The van der Waals surface area contributed by atoms with Gasteiger partial charge in [0.15, 0.2) is 0 Å². The van der Waals surface area contributed by atoms with Gasteiger partial charge in [0.05, 0.1) is 61.9 Å². The van der Waals surface area contributed by atoms with E-state index in [9.17, 15) is 28.8 Å². The minimum atomic E-state index is -1.04. The largest absolute Gasteiger partial charge is 0.378 e. The molecular weight excluding hydrogens is 584 g/mol. The fourth-order valence-corrected chi connectivity index (χ4v) is 5.66. The SMILES string of the molecule is C[C@H](C(=O)N1CCOCCOCCN(C(=O)[C@H](C)N2C(=O)c3ccccc3C2=O)CCOCC1)N1C(=O)c2ccccc2C1=O. The van der Waals surface area contributed by atoms with Crippen molar-refractivity contribution in [2.24, 2.45) is 0 Å². The van der Waals surface area contributed by atoms with Gasteiger partial charge >= 0.3 is 0 Å². The zero-order chi connectivity index (χ0) is 32.1. The highest BCUT2D eigenvalue weighted by Crippen LogP contribution is 2.26. The molecule has 3 heterocycles. The Morgan fingerprint density at radius 2 is 0.778 bits per heavy atom. The lowest BCUT2D eigenvalue weighted by Crippen LogP contribution is -2.51. The zero-order valence-electron chi connectivity index (χ0n) is 25.3. The quantitative estimate of drug-likeness (QED) is 0.459. The highest BCUT2D eigenvalue weighted by Gasteiger charge is 2.43. The second-order valence-electron chi connectivity index (χ2n) is 10.9. The Kier molecular flexibility index (Phi) is 10.0. The zero-order valence-corrected chi connectivity index (χ0v) is 25.3. The molecule has 13 nitrogen and oxygen atoms in total. The molecule has 5 rings (SSSR count). The summed E-state index contributed by atoms with van der Waals surface area (Å²) in [5.41, 5.74) is 1.06. The molecule has 0 saturated carbocycles. The van der Waals surface area contributed by atoms with E-state index in [2.05, 4.69) is 0 Å². The standard InChI is InChI=1S/C32H36N4O9/c1-21(35-29(39)23-7-3-4-8-24(23)30(35)40)27(37)33-11-15-43-16-12-34(14-18-45-20-19-44-17-13-33)28(38)22(2)36-31(41)25-9-5-6-10-26(25)32(36)42/h3-10,21-22H,11-20H2,1-2H3/t21-,22+. The first-order valence-corrected chi connectivity index (χ1v) is 15.0. The number of amides is 6. The molecule has 0 radical (unpaired) electrons. The summed E-state index contributed by atoms with van der Waals surface area (Å²) in [5, 5.41) is 0. The molecule has 0 aromatic heterocycles. The Labute approximate surface area is 260 Å². The van der Waals surface area contributed by atoms with Crippen molar-refractivity contribution < 1.29 is 43.0 Å². The number of fused-ring (bicyclic) bond motifs is 2. The molecule has 2 aromatic carbocycles. The number of hydrogen-bond acceptors (Lipinski definition) is 9. The molecule has 1 saturated heterocycles. The van der Waals surface area contributed by atoms with Gasteiger partial charge in [-0.2, -0.15) is 0 Å². The van der Waals surface area contributed by atoms with Crippen LogP contribution in [0.15, 0.2) is 48.5 Å². The molecule has 0 N–H and O–H groups in total. The van der Waals surface area contributed by atoms with Crippen LogP contribution in [-0.2, 0) is 23.8 Å². The fourth-order valence-electron chi connectivity index (χ4n) is 5.66. The van der Waals surface area contributed by atoms with E-state index in [1.165, 1.54) is 23.6 Å². The van der Waals surface area contributed by atoms with E-state index in [-0.39, 0.29) is 88.1 Å². The van der Waals surface area contributed by atoms with E-state index >= 15 is 0 Å². The maximum absolute atomic E-state index is 13.5. The Bertz CT molecular complexity index is 1310. The van der Waals surface area contributed by atoms with Crippen LogP contribution < -0.4 is 0 Å². The smallest absolute Gasteiger partial charge is 0.262 e. The normalized spacial score (nSPS) is 20.0. The lowest BCUT2D eigenvalue weighted by Gasteiger charge is -2.30. The topological polar surface area (TPSA) is 143 Å². The third-order valence-electron chi connectivity index (χ3n) is 8.16. The van der Waals surface area contributed by atoms with Crippen molar-refractivity contribution in [1.82, 2.24) is 19.6 Å². The molecule has 0 bridgehead atoms. The first kappa shape index (κ1) is 31.9. The summed E-state index contributed by atoms with van der Waals surface area (Å²) >= 11 is 0. The number of carbonyl (C=O) groups is 6. The van der Waals surface area contributed by atoms with Crippen molar-refractivity contribution in [1.29, 1.82) is 0 Å². The Morgan fingerprint density at radius 1 is 0.511 bits per heavy atom. The number of ether oxygens (including phenoxy) is 3. The summed E-state index contributed by atoms with van der Waals surface area (Å²) in [4.78, 5) is 83.8. The van der Waals surface area contributed by atoms with Crippen molar-refractivity contribution >= 4 is 35.4 Å². The second kappa shape index (κ2) is 14.1. The van der Waals surface area contributed by atoms with Crippen molar-refractivity contribution in [2.75, 3.05) is 65.8 Å². The van der Waals surface area contributed by atoms with Gasteiger partial charge < -0.3 is 24.0 Å². The van der Waals surface area contributed by atoms with E-state index in [1.807, 2.05) is 0 Å². The van der Waals surface area contributed by atoms with Gasteiger partial charge in [-0.25, -0.2) is 0 Å². The van der Waals surface area contributed by atoms with Gasteiger partial charge in [-0.1, -0.05) is 24.3 Å². The molecule has 0 spiro atoms. The van der Waals surface area contributed by atoms with Gasteiger partial charge in [-0.3, -0.25) is 38.6 Å². The van der Waals surface area contributed by atoms with Crippen LogP contribution in [-0.4, -0.2) is 133 Å². The molecule has 2 atom stereocenters. The predicted molar refractivity (Wildman–Crippen MR) is 158 cm³/mol. The molecule has 6 amide bonds. The summed E-state index contributed by atoms with van der Waals surface area (Å²) in [5.74, 6) is -2.91. The highest BCUT2D eigenvalue weighted by molar-refractivity contribution is 6.23. The van der Waals surface area contributed by atoms with Crippen molar-refractivity contribution in [3.63, 3.8) is 0 Å². The predicted octanol–water partition coefficient (Wildman–Crippen LogP) is 1.08. The van der Waals surface area contributed by atoms with E-state index in [0.29, 0.717) is 0 Å². The second-order valence-corrected chi connectivity index (χ2v) is 10.9. The molecule has 0 unspecified atom stereocenters. The van der Waals surface area contributed by atoms with Gasteiger partial charge in [0, 0.05) is 26.2 Å². The van der Waals surface area contributed by atoms with Crippen LogP contribution in [0.5, 0.6) is 0 Å². The highest BCUT2D eigenvalue weighted by atomic mass is 16.5. The molecule has 45 heavy (non-hydrogen) atoms. The van der Waals surface area contributed by atoms with Gasteiger partial charge in [0.1, 0.15) is 12.1 Å². The summed E-state index contributed by atoms with van der Waals surface area (Å²) < 4.78 is 17.1. The number of hydrogen-bond donors (Lipinski definition) is 0. The van der Waals surface area contributed by atoms with Crippen LogP contribution in [0.3, 0.4) is 0 Å². The third-order valence-corrected chi connectivity index (χ3v) is 8.16. The number of rotatable bonds is 4. The summed E-state index contributed by atoms with van der Waals surface area (Å²) in [7, 11) is 0. The Balaban J connectivity index is 1.21. The molecule has 3 aliphatic heterocycles. The number of nitrogens with zero attached hydrogens (tertiary/aromatic N) is 4. The summed E-state index contributed by atoms with van der Waals surface area (Å²) in [6.07, 6.45) is 0. The summed E-state index contributed by atoms with van der Waals surface area (Å²) in [6.45, 7) is 4.89. The average molecular weight is 621 g/mol. The molecular formula is C32H36N4O9. The molecule has 0 aliphatic carbocycles. The van der Waals surface area contributed by atoms with Crippen LogP contribution in [0.2, 0.25) is 0 Å². The van der Waals surface area contributed by atoms with E-state index in [1.54, 1.807) is 48.5 Å². The van der Waals surface area contributed by atoms with Crippen LogP contribution >= 0.6 is 0 Å². The van der Waals surface area contributed by atoms with Gasteiger partial charge in [0.25, 0.3) is 23.6 Å². The van der Waals surface area contributed by atoms with Gasteiger partial charge in [0.2, 0.25) is 11.8 Å². The minimum Gasteiger partial charge on any atom is -0.378 e. The first-order chi connectivity index (χ1) is 21.7. The molecule has 2 aromatic rings. The number of imide groups is 2. The molecule has 13 heteroatoms. The van der Waals surface area contributed by atoms with E-state index in [4.69, 9.17) is 14.2 Å². The average Bonchev–Trinajstić information content (AvgIpc) is 3.45. The first-order valence-electron chi connectivity index (χ1n) is 15.0. The van der Waals surface area contributed by atoms with E-state index < -0.39 is 47.5 Å². The third kappa shape index (κ3) is 6.51.